The van der Waals surface area contributed by atoms with E-state index in [2.05, 4.69) is 61.5 Å². The zero-order valence-electron chi connectivity index (χ0n) is 15.9. The summed E-state index contributed by atoms with van der Waals surface area (Å²) in [6.45, 7) is 12.7. The first-order valence-electron chi connectivity index (χ1n) is 9.30. The summed E-state index contributed by atoms with van der Waals surface area (Å²) in [6.07, 6.45) is 4.55. The third-order valence-corrected chi connectivity index (χ3v) is 4.79. The summed E-state index contributed by atoms with van der Waals surface area (Å²) in [6, 6.07) is 8.73. The van der Waals surface area contributed by atoms with Gasteiger partial charge in [0, 0.05) is 11.5 Å². The van der Waals surface area contributed by atoms with Crippen molar-refractivity contribution >= 4 is 0 Å². The minimum atomic E-state index is -0.311. The standard InChI is InChI=1S/C19H26N2O.C2H6/c1-12(2)9-16(19(22)13(3)4)18-15-8-6-5-7-14(15)17-10-20-11-21(17)18;1-2/h5-8,10-13,16,18-19,22H,9H2,1-4H3;1-2H3/t16-,18?,19-;/m1./s1. The van der Waals surface area contributed by atoms with Gasteiger partial charge in [0.05, 0.1) is 30.4 Å². The highest BCUT2D eigenvalue weighted by molar-refractivity contribution is 5.69. The number of imidazole rings is 1. The molecule has 0 bridgehead atoms. The largest absolute Gasteiger partial charge is 0.392 e. The van der Waals surface area contributed by atoms with Crippen molar-refractivity contribution in [3.63, 3.8) is 0 Å². The highest BCUT2D eigenvalue weighted by Gasteiger charge is 2.38. The SMILES string of the molecule is CC.CC(C)C[C@H](C1c2ccccc2-c2cncn21)[C@H](O)C(C)C. The normalized spacial score (nSPS) is 18.0. The fourth-order valence-electron chi connectivity index (χ4n) is 3.80. The summed E-state index contributed by atoms with van der Waals surface area (Å²) in [5, 5.41) is 10.9. The van der Waals surface area contributed by atoms with Crippen LogP contribution < -0.4 is 0 Å². The van der Waals surface area contributed by atoms with Crippen molar-refractivity contribution < 1.29 is 5.11 Å². The number of hydrogen-bond acceptors (Lipinski definition) is 2. The highest BCUT2D eigenvalue weighted by atomic mass is 16.3. The van der Waals surface area contributed by atoms with E-state index in [9.17, 15) is 5.11 Å². The predicted molar refractivity (Wildman–Crippen MR) is 101 cm³/mol. The van der Waals surface area contributed by atoms with Crippen molar-refractivity contribution in [3.05, 3.63) is 42.4 Å². The number of hydrogen-bond donors (Lipinski definition) is 1. The van der Waals surface area contributed by atoms with Crippen LogP contribution >= 0.6 is 0 Å². The van der Waals surface area contributed by atoms with Crippen molar-refractivity contribution in [3.8, 4) is 11.3 Å². The molecule has 1 N–H and O–H groups in total. The molecule has 0 radical (unpaired) electrons. The summed E-state index contributed by atoms with van der Waals surface area (Å²) < 4.78 is 2.25. The Morgan fingerprint density at radius 1 is 1.12 bits per heavy atom. The molecule has 0 amide bonds. The Kier molecular flexibility index (Phi) is 6.22. The number of fused-ring (bicyclic) bond motifs is 3. The van der Waals surface area contributed by atoms with E-state index in [1.807, 2.05) is 26.4 Å². The van der Waals surface area contributed by atoms with Gasteiger partial charge < -0.3 is 9.67 Å². The lowest BCUT2D eigenvalue weighted by molar-refractivity contribution is 0.0364. The summed E-state index contributed by atoms with van der Waals surface area (Å²) in [4.78, 5) is 4.34. The molecule has 1 aromatic carbocycles. The maximum atomic E-state index is 10.9. The number of rotatable bonds is 5. The molecule has 0 spiro atoms. The zero-order chi connectivity index (χ0) is 17.9. The predicted octanol–water partition coefficient (Wildman–Crippen LogP) is 5.16. The zero-order valence-corrected chi connectivity index (χ0v) is 15.9. The minimum Gasteiger partial charge on any atom is -0.392 e. The molecule has 3 nitrogen and oxygen atoms in total. The molecule has 1 aliphatic rings. The van der Waals surface area contributed by atoms with E-state index < -0.39 is 0 Å². The molecule has 2 aromatic rings. The Bertz CT molecular complexity index is 645. The molecule has 3 atom stereocenters. The Hall–Kier alpha value is -1.61. The number of benzene rings is 1. The van der Waals surface area contributed by atoms with Crippen molar-refractivity contribution in [1.82, 2.24) is 9.55 Å². The molecule has 1 aromatic heterocycles. The van der Waals surface area contributed by atoms with Crippen LogP contribution in [-0.4, -0.2) is 20.8 Å². The van der Waals surface area contributed by atoms with Gasteiger partial charge >= 0.3 is 0 Å². The smallest absolute Gasteiger partial charge is 0.0956 e. The average Bonchev–Trinajstić information content (AvgIpc) is 3.14. The van der Waals surface area contributed by atoms with E-state index in [-0.39, 0.29) is 24.0 Å². The fraction of sp³-hybridized carbons (Fsp3) is 0.571. The second-order valence-electron chi connectivity index (χ2n) is 7.25. The molecule has 24 heavy (non-hydrogen) atoms. The average molecular weight is 329 g/mol. The van der Waals surface area contributed by atoms with Crippen molar-refractivity contribution in [2.24, 2.45) is 17.8 Å². The van der Waals surface area contributed by atoms with Gasteiger partial charge in [0.15, 0.2) is 0 Å². The quantitative estimate of drug-likeness (QED) is 0.823. The van der Waals surface area contributed by atoms with Crippen LogP contribution in [0.15, 0.2) is 36.8 Å². The molecule has 132 valence electrons. The summed E-state index contributed by atoms with van der Waals surface area (Å²) in [5.41, 5.74) is 3.75. The van der Waals surface area contributed by atoms with Gasteiger partial charge in [0.1, 0.15) is 0 Å². The van der Waals surface area contributed by atoms with Crippen LogP contribution in [0.3, 0.4) is 0 Å². The highest BCUT2D eigenvalue weighted by Crippen LogP contribution is 2.46. The maximum Gasteiger partial charge on any atom is 0.0956 e. The van der Waals surface area contributed by atoms with Crippen LogP contribution in [0, 0.1) is 17.8 Å². The van der Waals surface area contributed by atoms with E-state index in [4.69, 9.17) is 0 Å². The van der Waals surface area contributed by atoms with Crippen molar-refractivity contribution in [2.45, 2.75) is 60.1 Å². The number of aliphatic hydroxyl groups is 1. The molecule has 3 rings (SSSR count). The third kappa shape index (κ3) is 3.41. The van der Waals surface area contributed by atoms with Crippen LogP contribution in [0.1, 0.15) is 59.6 Å². The molecule has 2 heterocycles. The van der Waals surface area contributed by atoms with Crippen LogP contribution in [0.4, 0.5) is 0 Å². The Morgan fingerprint density at radius 2 is 1.79 bits per heavy atom. The second-order valence-corrected chi connectivity index (χ2v) is 7.25. The molecule has 0 saturated carbocycles. The molecule has 3 heteroatoms. The molecular weight excluding hydrogens is 296 g/mol. The van der Waals surface area contributed by atoms with Crippen LogP contribution in [0.5, 0.6) is 0 Å². The number of aromatic nitrogens is 2. The lowest BCUT2D eigenvalue weighted by Crippen LogP contribution is -2.34. The van der Waals surface area contributed by atoms with E-state index in [0.717, 1.165) is 6.42 Å². The van der Waals surface area contributed by atoms with Crippen LogP contribution in [-0.2, 0) is 0 Å². The van der Waals surface area contributed by atoms with E-state index in [1.54, 1.807) is 0 Å². The van der Waals surface area contributed by atoms with Crippen LogP contribution in [0.2, 0.25) is 0 Å². The Balaban J connectivity index is 0.00000100. The van der Waals surface area contributed by atoms with Crippen LogP contribution in [0.25, 0.3) is 11.3 Å². The Labute approximate surface area is 146 Å². The van der Waals surface area contributed by atoms with Gasteiger partial charge in [-0.3, -0.25) is 0 Å². The second kappa shape index (κ2) is 7.98. The molecule has 1 aliphatic heterocycles. The van der Waals surface area contributed by atoms with Gasteiger partial charge in [-0.15, -0.1) is 0 Å². The van der Waals surface area contributed by atoms with E-state index in [0.29, 0.717) is 5.92 Å². The molecule has 0 fully saturated rings. The van der Waals surface area contributed by atoms with Gasteiger partial charge in [-0.1, -0.05) is 65.8 Å². The first-order chi connectivity index (χ1) is 11.5. The molecule has 0 aliphatic carbocycles. The first kappa shape index (κ1) is 18.7. The van der Waals surface area contributed by atoms with Gasteiger partial charge in [-0.05, 0) is 23.8 Å². The van der Waals surface area contributed by atoms with Gasteiger partial charge in [-0.25, -0.2) is 4.98 Å². The number of aliphatic hydroxyl groups excluding tert-OH is 1. The van der Waals surface area contributed by atoms with E-state index in [1.165, 1.54) is 16.8 Å². The number of nitrogens with zero attached hydrogens (tertiary/aromatic N) is 2. The first-order valence-corrected chi connectivity index (χ1v) is 9.30. The minimum absolute atomic E-state index is 0.188. The van der Waals surface area contributed by atoms with Gasteiger partial charge in [-0.2, -0.15) is 0 Å². The van der Waals surface area contributed by atoms with E-state index >= 15 is 0 Å². The summed E-state index contributed by atoms with van der Waals surface area (Å²) >= 11 is 0. The maximum absolute atomic E-state index is 10.9. The molecule has 1 unspecified atom stereocenters. The topological polar surface area (TPSA) is 38.0 Å². The monoisotopic (exact) mass is 328 g/mol. The summed E-state index contributed by atoms with van der Waals surface area (Å²) in [7, 11) is 0. The fourth-order valence-corrected chi connectivity index (χ4v) is 3.80. The van der Waals surface area contributed by atoms with Crippen molar-refractivity contribution in [2.75, 3.05) is 0 Å². The van der Waals surface area contributed by atoms with Gasteiger partial charge in [0.25, 0.3) is 0 Å². The lowest BCUT2D eigenvalue weighted by atomic mass is 9.79. The third-order valence-electron chi connectivity index (χ3n) is 4.79. The summed E-state index contributed by atoms with van der Waals surface area (Å²) in [5.74, 6) is 1.01. The Morgan fingerprint density at radius 3 is 2.42 bits per heavy atom. The van der Waals surface area contributed by atoms with Crippen molar-refractivity contribution in [1.29, 1.82) is 0 Å². The molecule has 0 saturated heterocycles. The molecular formula is C21H32N2O. The van der Waals surface area contributed by atoms with Gasteiger partial charge in [0.2, 0.25) is 0 Å². The lowest BCUT2D eigenvalue weighted by Gasteiger charge is -2.33.